The predicted molar refractivity (Wildman–Crippen MR) is 107 cm³/mol. The largest absolute Gasteiger partial charge is 0.342 e. The number of benzene rings is 2. The van der Waals surface area contributed by atoms with Crippen LogP contribution in [0.15, 0.2) is 77.7 Å². The smallest absolute Gasteiger partial charge is 0.257 e. The molecule has 2 heterocycles. The zero-order valence-corrected chi connectivity index (χ0v) is 15.8. The van der Waals surface area contributed by atoms with Crippen molar-refractivity contribution < 1.29 is 9.18 Å². The van der Waals surface area contributed by atoms with Crippen molar-refractivity contribution in [3.63, 3.8) is 0 Å². The molecule has 4 rings (SSSR count). The molecule has 0 aliphatic carbocycles. The molecule has 0 unspecified atom stereocenters. The second-order valence-electron chi connectivity index (χ2n) is 6.15. The molecule has 0 fully saturated rings. The number of nitrogens with zero attached hydrogens (tertiary/aromatic N) is 2. The first-order valence-corrected chi connectivity index (χ1v) is 9.14. The second kappa shape index (κ2) is 7.32. The van der Waals surface area contributed by atoms with E-state index in [1.807, 2.05) is 29.0 Å². The van der Waals surface area contributed by atoms with E-state index in [2.05, 4.69) is 26.2 Å². The Morgan fingerprint density at radius 1 is 1.07 bits per heavy atom. The first-order chi connectivity index (χ1) is 13.1. The summed E-state index contributed by atoms with van der Waals surface area (Å²) >= 11 is 3.48. The summed E-state index contributed by atoms with van der Waals surface area (Å²) in [5.74, 6) is -0.459. The first-order valence-electron chi connectivity index (χ1n) is 8.34. The number of halogens is 2. The number of hydrogen-bond donors (Lipinski definition) is 1. The quantitative estimate of drug-likeness (QED) is 0.487. The van der Waals surface area contributed by atoms with Crippen LogP contribution in [0.3, 0.4) is 0 Å². The van der Waals surface area contributed by atoms with Gasteiger partial charge in [0.15, 0.2) is 0 Å². The summed E-state index contributed by atoms with van der Waals surface area (Å²) < 4.78 is 16.1. The number of aromatic nitrogens is 2. The van der Waals surface area contributed by atoms with E-state index in [1.54, 1.807) is 36.7 Å². The Balaban J connectivity index is 1.73. The van der Waals surface area contributed by atoms with Crippen LogP contribution >= 0.6 is 15.9 Å². The van der Waals surface area contributed by atoms with Gasteiger partial charge in [0.1, 0.15) is 5.82 Å². The number of carbonyl (C=O) groups is 1. The molecule has 0 saturated heterocycles. The van der Waals surface area contributed by atoms with E-state index in [0.29, 0.717) is 17.8 Å². The Kier molecular flexibility index (Phi) is 4.73. The van der Waals surface area contributed by atoms with Crippen LogP contribution in [0.1, 0.15) is 15.9 Å². The van der Waals surface area contributed by atoms with Gasteiger partial charge in [0.2, 0.25) is 0 Å². The van der Waals surface area contributed by atoms with Crippen LogP contribution in [0.2, 0.25) is 0 Å². The van der Waals surface area contributed by atoms with Gasteiger partial charge in [0, 0.05) is 46.2 Å². The molecule has 2 aromatic carbocycles. The third-order valence-electron chi connectivity index (χ3n) is 4.29. The minimum atomic E-state index is -0.266. The lowest BCUT2D eigenvalue weighted by Crippen LogP contribution is -2.11. The lowest BCUT2D eigenvalue weighted by molar-refractivity contribution is 0.102. The Labute approximate surface area is 163 Å². The topological polar surface area (TPSA) is 46.9 Å². The highest BCUT2D eigenvalue weighted by atomic mass is 79.9. The van der Waals surface area contributed by atoms with Gasteiger partial charge >= 0.3 is 0 Å². The van der Waals surface area contributed by atoms with E-state index in [-0.39, 0.29) is 11.7 Å². The van der Waals surface area contributed by atoms with Crippen molar-refractivity contribution in [2.24, 2.45) is 0 Å². The first kappa shape index (κ1) is 17.4. The minimum Gasteiger partial charge on any atom is -0.342 e. The van der Waals surface area contributed by atoms with Crippen molar-refractivity contribution in [1.29, 1.82) is 0 Å². The van der Waals surface area contributed by atoms with Crippen molar-refractivity contribution in [2.75, 3.05) is 5.32 Å². The molecule has 0 aliphatic rings. The molecule has 0 atom stereocenters. The second-order valence-corrected chi connectivity index (χ2v) is 7.06. The molecule has 1 N–H and O–H groups in total. The van der Waals surface area contributed by atoms with E-state index in [1.165, 1.54) is 12.1 Å². The molecule has 134 valence electrons. The Morgan fingerprint density at radius 2 is 1.81 bits per heavy atom. The third kappa shape index (κ3) is 3.75. The standard InChI is InChI=1S/C21H15BrFN3O/c22-15-3-6-20-18(11-15)19(21(27)25-17-7-9-24-10-8-17)13-26(20)12-14-1-4-16(23)5-2-14/h1-11,13H,12H2,(H,24,25,27). The number of pyridine rings is 1. The zero-order chi connectivity index (χ0) is 18.8. The van der Waals surface area contributed by atoms with Crippen molar-refractivity contribution in [2.45, 2.75) is 6.54 Å². The maximum atomic E-state index is 13.2. The van der Waals surface area contributed by atoms with Crippen molar-refractivity contribution in [3.8, 4) is 0 Å². The van der Waals surface area contributed by atoms with Gasteiger partial charge in [-0.1, -0.05) is 28.1 Å². The van der Waals surface area contributed by atoms with Gasteiger partial charge in [-0.2, -0.15) is 0 Å². The van der Waals surface area contributed by atoms with Crippen LogP contribution in [0, 0.1) is 5.82 Å². The number of hydrogen-bond acceptors (Lipinski definition) is 2. The van der Waals surface area contributed by atoms with Crippen LogP contribution < -0.4 is 5.32 Å². The van der Waals surface area contributed by atoms with Gasteiger partial charge in [-0.15, -0.1) is 0 Å². The van der Waals surface area contributed by atoms with Gasteiger partial charge in [0.05, 0.1) is 5.56 Å². The van der Waals surface area contributed by atoms with Crippen LogP contribution in [-0.4, -0.2) is 15.5 Å². The molecular weight excluding hydrogens is 409 g/mol. The molecule has 6 heteroatoms. The fraction of sp³-hybridized carbons (Fsp3) is 0.0476. The molecule has 4 nitrogen and oxygen atoms in total. The molecule has 0 saturated carbocycles. The number of amides is 1. The highest BCUT2D eigenvalue weighted by molar-refractivity contribution is 9.10. The van der Waals surface area contributed by atoms with Gasteiger partial charge in [0.25, 0.3) is 5.91 Å². The van der Waals surface area contributed by atoms with Gasteiger partial charge in [-0.05, 0) is 48.0 Å². The molecule has 0 radical (unpaired) electrons. The van der Waals surface area contributed by atoms with Crippen molar-refractivity contribution in [3.05, 3.63) is 94.6 Å². The molecule has 4 aromatic rings. The Hall–Kier alpha value is -2.99. The summed E-state index contributed by atoms with van der Waals surface area (Å²) in [7, 11) is 0. The predicted octanol–water partition coefficient (Wildman–Crippen LogP) is 5.24. The fourth-order valence-electron chi connectivity index (χ4n) is 3.00. The molecule has 0 bridgehead atoms. The van der Waals surface area contributed by atoms with Crippen LogP contribution in [0.5, 0.6) is 0 Å². The van der Waals surface area contributed by atoms with E-state index in [0.717, 1.165) is 20.9 Å². The van der Waals surface area contributed by atoms with E-state index < -0.39 is 0 Å². The zero-order valence-electron chi connectivity index (χ0n) is 14.2. The van der Waals surface area contributed by atoms with Gasteiger partial charge in [-0.3, -0.25) is 9.78 Å². The van der Waals surface area contributed by atoms with Crippen molar-refractivity contribution in [1.82, 2.24) is 9.55 Å². The van der Waals surface area contributed by atoms with Crippen LogP contribution in [-0.2, 0) is 6.54 Å². The highest BCUT2D eigenvalue weighted by Crippen LogP contribution is 2.27. The summed E-state index contributed by atoms with van der Waals surface area (Å²) in [5, 5.41) is 3.74. The van der Waals surface area contributed by atoms with Gasteiger partial charge < -0.3 is 9.88 Å². The van der Waals surface area contributed by atoms with E-state index in [9.17, 15) is 9.18 Å². The average molecular weight is 424 g/mol. The van der Waals surface area contributed by atoms with E-state index >= 15 is 0 Å². The lowest BCUT2D eigenvalue weighted by Gasteiger charge is -2.05. The number of rotatable bonds is 4. The molecule has 0 spiro atoms. The summed E-state index contributed by atoms with van der Waals surface area (Å²) in [6.07, 6.45) is 5.09. The van der Waals surface area contributed by atoms with Gasteiger partial charge in [-0.25, -0.2) is 4.39 Å². The Bertz CT molecular complexity index is 1110. The molecule has 0 aliphatic heterocycles. The van der Waals surface area contributed by atoms with Crippen LogP contribution in [0.25, 0.3) is 10.9 Å². The summed E-state index contributed by atoms with van der Waals surface area (Å²) in [4.78, 5) is 16.8. The monoisotopic (exact) mass is 423 g/mol. The number of carbonyl (C=O) groups excluding carboxylic acids is 1. The maximum absolute atomic E-state index is 13.2. The van der Waals surface area contributed by atoms with E-state index in [4.69, 9.17) is 0 Å². The molecular formula is C21H15BrFN3O. The lowest BCUT2D eigenvalue weighted by atomic mass is 10.1. The molecule has 27 heavy (non-hydrogen) atoms. The summed E-state index contributed by atoms with van der Waals surface area (Å²) in [6.45, 7) is 0.543. The normalized spacial score (nSPS) is 10.9. The Morgan fingerprint density at radius 3 is 2.56 bits per heavy atom. The average Bonchev–Trinajstić information content (AvgIpc) is 3.02. The van der Waals surface area contributed by atoms with Crippen LogP contribution in [0.4, 0.5) is 10.1 Å². The summed E-state index contributed by atoms with van der Waals surface area (Å²) in [6, 6.07) is 15.7. The molecule has 2 aromatic heterocycles. The molecule has 1 amide bonds. The number of nitrogens with one attached hydrogen (secondary N) is 1. The third-order valence-corrected chi connectivity index (χ3v) is 4.79. The summed E-state index contributed by atoms with van der Waals surface area (Å²) in [5.41, 5.74) is 3.15. The number of anilines is 1. The maximum Gasteiger partial charge on any atom is 0.257 e. The minimum absolute atomic E-state index is 0.192. The fourth-order valence-corrected chi connectivity index (χ4v) is 3.36. The number of fused-ring (bicyclic) bond motifs is 1. The highest BCUT2D eigenvalue weighted by Gasteiger charge is 2.16. The SMILES string of the molecule is O=C(Nc1ccncc1)c1cn(Cc2ccc(F)cc2)c2ccc(Br)cc12. The van der Waals surface area contributed by atoms with Crippen molar-refractivity contribution >= 4 is 38.4 Å².